The van der Waals surface area contributed by atoms with Gasteiger partial charge in [-0.15, -0.1) is 0 Å². The van der Waals surface area contributed by atoms with E-state index in [1.54, 1.807) is 167 Å². The number of nitrogens with one attached hydrogen (secondary N) is 4. The van der Waals surface area contributed by atoms with Gasteiger partial charge >= 0.3 is 30.2 Å². The Hall–Kier alpha value is -9.79. The molecule has 0 aliphatic heterocycles. The van der Waals surface area contributed by atoms with Gasteiger partial charge in [0.15, 0.2) is 0 Å². The molecule has 4 N–H and O–H groups in total. The Morgan fingerprint density at radius 1 is 0.477 bits per heavy atom. The van der Waals surface area contributed by atoms with Crippen molar-refractivity contribution >= 4 is 36.1 Å². The smallest absolute Gasteiger partial charge is 0.408 e. The minimum Gasteiger partial charge on any atom is -0.489 e. The highest BCUT2D eigenvalue weighted by molar-refractivity contribution is 5.90. The quantitative estimate of drug-likeness (QED) is 0.00802. The number of carbonyl (C=O) groups excluding carboxylic acids is 6. The van der Waals surface area contributed by atoms with Crippen LogP contribution in [0.1, 0.15) is 72.6 Å². The number of aryl methyl sites for hydroxylation is 1. The van der Waals surface area contributed by atoms with Gasteiger partial charge in [0, 0.05) is 19.4 Å². The molecule has 3 atom stereocenters. The van der Waals surface area contributed by atoms with Gasteiger partial charge in [-0.1, -0.05) is 146 Å². The van der Waals surface area contributed by atoms with E-state index in [0.29, 0.717) is 33.4 Å². The normalized spacial score (nSPS) is 12.1. The molecule has 0 radical (unpaired) electrons. The van der Waals surface area contributed by atoms with E-state index >= 15 is 8.78 Å². The van der Waals surface area contributed by atoms with Crippen LogP contribution in [-0.4, -0.2) is 66.4 Å². The lowest BCUT2D eigenvalue weighted by molar-refractivity contribution is -0.149. The predicted octanol–water partition coefficient (Wildman–Crippen LogP) is 11.8. The van der Waals surface area contributed by atoms with E-state index in [2.05, 4.69) is 21.3 Å². The summed E-state index contributed by atoms with van der Waals surface area (Å²) in [6.07, 6.45) is -3.45. The highest BCUT2D eigenvalue weighted by Crippen LogP contribution is 2.33. The number of halogens is 5. The van der Waals surface area contributed by atoms with Gasteiger partial charge in [-0.25, -0.2) is 37.1 Å². The molecule has 4 amide bonds. The first-order chi connectivity index (χ1) is 41.2. The molecular weight excluding hydrogens is 1120 g/mol. The topological polar surface area (TPSA) is 206 Å². The number of hydrogen-bond acceptors (Lipinski definition) is 12. The highest BCUT2D eigenvalue weighted by atomic mass is 19.2. The standard InChI is InChI=1S/C65H63F5N4O12/c1-40-27-28-45(32-47(40)34-50(60(76)82-37-42-20-11-6-12-21-42)72-59(75)49(73-64(80)86-65(2,3)4)26-17-31-71-62(78)83-38-43-22-13-7-14-23-43)46-29-30-52(81-36-41-18-9-5-10-19-41)48(33-46)35-51(74-63(79)84-39-44-24-15-8-16-25-44)61(77)85-58-56(69)54(67)53(66)55(68)57(58)70/h5-16,18-25,27-30,32-33,49-51H,17,26,31,34-39H2,1-4H3,(H,71,78)(H,72,75)(H,73,80)(H,74,79)/t49-,50-,51-/m0/s1. The van der Waals surface area contributed by atoms with E-state index in [4.69, 9.17) is 28.4 Å². The Kier molecular flexibility index (Phi) is 22.7. The van der Waals surface area contributed by atoms with Crippen molar-refractivity contribution in [2.24, 2.45) is 0 Å². The third-order valence-electron chi connectivity index (χ3n) is 13.0. The third kappa shape index (κ3) is 19.1. The molecule has 0 heterocycles. The largest absolute Gasteiger partial charge is 0.489 e. The first kappa shape index (κ1) is 63.8. The summed E-state index contributed by atoms with van der Waals surface area (Å²) < 4.78 is 106. The minimum absolute atomic E-state index is 0.0174. The van der Waals surface area contributed by atoms with Crippen molar-refractivity contribution in [1.29, 1.82) is 0 Å². The fourth-order valence-corrected chi connectivity index (χ4v) is 8.54. The van der Waals surface area contributed by atoms with Gasteiger partial charge in [0.2, 0.25) is 40.7 Å². The molecule has 0 aliphatic rings. The lowest BCUT2D eigenvalue weighted by Gasteiger charge is -2.25. The number of rotatable bonds is 25. The van der Waals surface area contributed by atoms with Crippen molar-refractivity contribution in [3.8, 4) is 22.6 Å². The molecule has 0 aliphatic carbocycles. The molecule has 0 saturated heterocycles. The minimum atomic E-state index is -2.49. The van der Waals surface area contributed by atoms with Crippen molar-refractivity contribution in [1.82, 2.24) is 21.3 Å². The zero-order chi connectivity index (χ0) is 61.8. The van der Waals surface area contributed by atoms with Crippen LogP contribution < -0.4 is 30.7 Å². The van der Waals surface area contributed by atoms with Crippen LogP contribution in [0.3, 0.4) is 0 Å². The van der Waals surface area contributed by atoms with Crippen LogP contribution in [0.4, 0.5) is 36.3 Å². The van der Waals surface area contributed by atoms with Crippen LogP contribution >= 0.6 is 0 Å². The number of benzene rings is 7. The lowest BCUT2D eigenvalue weighted by Crippen LogP contribution is -2.53. The van der Waals surface area contributed by atoms with E-state index < -0.39 is 101 Å². The second-order valence-corrected chi connectivity index (χ2v) is 20.7. The third-order valence-corrected chi connectivity index (χ3v) is 13.0. The van der Waals surface area contributed by atoms with Crippen LogP contribution in [0.5, 0.6) is 11.5 Å². The number of amides is 4. The number of ether oxygens (including phenoxy) is 6. The molecule has 0 saturated carbocycles. The molecule has 450 valence electrons. The molecular formula is C65H63F5N4O12. The summed E-state index contributed by atoms with van der Waals surface area (Å²) in [5, 5.41) is 10.3. The summed E-state index contributed by atoms with van der Waals surface area (Å²) in [5.74, 6) is -17.1. The van der Waals surface area contributed by atoms with E-state index in [0.717, 1.165) is 11.1 Å². The fourth-order valence-electron chi connectivity index (χ4n) is 8.54. The maximum absolute atomic E-state index is 15.0. The van der Waals surface area contributed by atoms with Crippen LogP contribution in [0, 0.1) is 36.0 Å². The van der Waals surface area contributed by atoms with Crippen LogP contribution in [0.25, 0.3) is 11.1 Å². The van der Waals surface area contributed by atoms with Gasteiger partial charge in [0.25, 0.3) is 0 Å². The Balaban J connectivity index is 1.19. The molecule has 86 heavy (non-hydrogen) atoms. The van der Waals surface area contributed by atoms with Gasteiger partial charge in [0.1, 0.15) is 55.9 Å². The Bertz CT molecular complexity index is 3440. The first-order valence-corrected chi connectivity index (χ1v) is 27.3. The number of carbonyl (C=O) groups is 6. The van der Waals surface area contributed by atoms with Crippen molar-refractivity contribution < 1.29 is 79.1 Å². The summed E-state index contributed by atoms with van der Waals surface area (Å²) in [7, 11) is 0. The van der Waals surface area contributed by atoms with Crippen molar-refractivity contribution in [2.45, 2.75) is 104 Å². The Morgan fingerprint density at radius 3 is 1.48 bits per heavy atom. The van der Waals surface area contributed by atoms with Crippen molar-refractivity contribution in [2.75, 3.05) is 6.54 Å². The maximum atomic E-state index is 15.0. The molecule has 21 heteroatoms. The fraction of sp³-hybridized carbons (Fsp3) is 0.262. The van der Waals surface area contributed by atoms with Crippen LogP contribution in [0.15, 0.2) is 158 Å². The van der Waals surface area contributed by atoms with E-state index in [1.807, 2.05) is 18.2 Å². The van der Waals surface area contributed by atoms with E-state index in [1.165, 1.54) is 0 Å². The van der Waals surface area contributed by atoms with E-state index in [9.17, 15) is 41.9 Å². The molecule has 7 aromatic rings. The molecule has 0 fully saturated rings. The van der Waals surface area contributed by atoms with Gasteiger partial charge in [-0.2, -0.15) is 8.78 Å². The number of esters is 2. The summed E-state index contributed by atoms with van der Waals surface area (Å²) in [5.41, 5.74) is 4.04. The molecule has 7 rings (SSSR count). The average molecular weight is 1190 g/mol. The van der Waals surface area contributed by atoms with Crippen molar-refractivity contribution in [3.05, 3.63) is 226 Å². The summed E-state index contributed by atoms with van der Waals surface area (Å²) in [6, 6.07) is 40.6. The van der Waals surface area contributed by atoms with Crippen molar-refractivity contribution in [3.63, 3.8) is 0 Å². The first-order valence-electron chi connectivity index (χ1n) is 27.3. The SMILES string of the molecule is Cc1ccc(-c2ccc(OCc3ccccc3)c(C[C@H](NC(=O)OCc3ccccc3)C(=O)Oc3c(F)c(F)c(F)c(F)c3F)c2)cc1C[C@H](NC(=O)[C@H](CCCNC(=O)OCc1ccccc1)NC(=O)OC(C)(C)C)C(=O)OCc1ccccc1. The second kappa shape index (κ2) is 30.7. The Morgan fingerprint density at radius 2 is 0.930 bits per heavy atom. The van der Waals surface area contributed by atoms with Gasteiger partial charge in [0.05, 0.1) is 0 Å². The van der Waals surface area contributed by atoms with Gasteiger partial charge in [-0.05, 0) is 103 Å². The van der Waals surface area contributed by atoms with Gasteiger partial charge in [-0.3, -0.25) is 4.79 Å². The monoisotopic (exact) mass is 1190 g/mol. The summed E-state index contributed by atoms with van der Waals surface area (Å²) in [4.78, 5) is 81.8. The zero-order valence-corrected chi connectivity index (χ0v) is 47.4. The molecule has 0 unspecified atom stereocenters. The number of hydrogen-bond donors (Lipinski definition) is 4. The number of alkyl carbamates (subject to hydrolysis) is 3. The average Bonchev–Trinajstić information content (AvgIpc) is 2.17. The van der Waals surface area contributed by atoms with Gasteiger partial charge < -0.3 is 49.7 Å². The van der Waals surface area contributed by atoms with Crippen LogP contribution in [-0.2, 0) is 72.6 Å². The molecule has 0 bridgehead atoms. The molecule has 7 aromatic carbocycles. The predicted molar refractivity (Wildman–Crippen MR) is 305 cm³/mol. The maximum Gasteiger partial charge on any atom is 0.408 e. The van der Waals surface area contributed by atoms with E-state index in [-0.39, 0.29) is 63.5 Å². The lowest BCUT2D eigenvalue weighted by atomic mass is 9.93. The zero-order valence-electron chi connectivity index (χ0n) is 47.4. The second-order valence-electron chi connectivity index (χ2n) is 20.7. The summed E-state index contributed by atoms with van der Waals surface area (Å²) in [6.45, 7) is 6.30. The molecule has 0 aromatic heterocycles. The highest BCUT2D eigenvalue weighted by Gasteiger charge is 2.34. The molecule has 0 spiro atoms. The Labute approximate surface area is 493 Å². The summed E-state index contributed by atoms with van der Waals surface area (Å²) >= 11 is 0. The van der Waals surface area contributed by atoms with Crippen LogP contribution in [0.2, 0.25) is 0 Å². The molecule has 16 nitrogen and oxygen atoms in total.